The molecule has 0 radical (unpaired) electrons. The molecule has 3 nitrogen and oxygen atoms in total. The lowest BCUT2D eigenvalue weighted by atomic mass is 9.88. The third-order valence-corrected chi connectivity index (χ3v) is 4.94. The van der Waals surface area contributed by atoms with Crippen LogP contribution in [0.2, 0.25) is 0 Å². The topological polar surface area (TPSA) is 24.5 Å². The second kappa shape index (κ2) is 6.59. The van der Waals surface area contributed by atoms with Gasteiger partial charge in [0.15, 0.2) is 0 Å². The molecule has 2 fully saturated rings. The third kappa shape index (κ3) is 3.15. The minimum atomic E-state index is 0.735. The number of benzene rings is 1. The molecule has 1 N–H and O–H groups in total. The highest BCUT2D eigenvalue weighted by molar-refractivity contribution is 5.29. The van der Waals surface area contributed by atoms with Gasteiger partial charge in [0.1, 0.15) is 5.75 Å². The fourth-order valence-electron chi connectivity index (χ4n) is 3.65. The van der Waals surface area contributed by atoms with Gasteiger partial charge in [-0.05, 0) is 75.5 Å². The maximum atomic E-state index is 5.24. The Kier molecular flexibility index (Phi) is 4.58. The van der Waals surface area contributed by atoms with Gasteiger partial charge in [-0.3, -0.25) is 0 Å². The van der Waals surface area contributed by atoms with Crippen LogP contribution in [0, 0.1) is 0 Å². The van der Waals surface area contributed by atoms with Gasteiger partial charge in [0.05, 0.1) is 7.11 Å². The second-order valence-electron chi connectivity index (χ2n) is 6.06. The van der Waals surface area contributed by atoms with E-state index in [1.54, 1.807) is 7.11 Å². The molecule has 0 aliphatic carbocycles. The molecule has 20 heavy (non-hydrogen) atoms. The average Bonchev–Trinajstić information content (AvgIpc) is 2.56. The van der Waals surface area contributed by atoms with Gasteiger partial charge in [-0.2, -0.15) is 0 Å². The Morgan fingerprint density at radius 2 is 1.65 bits per heavy atom. The van der Waals surface area contributed by atoms with Crippen LogP contribution < -0.4 is 10.1 Å². The summed E-state index contributed by atoms with van der Waals surface area (Å²) < 4.78 is 5.24. The Morgan fingerprint density at radius 1 is 1.00 bits per heavy atom. The SMILES string of the molecule is COc1ccc(C2CCN(C3CCNCC3)CC2)cc1. The minimum absolute atomic E-state index is 0.735. The summed E-state index contributed by atoms with van der Waals surface area (Å²) in [6, 6.07) is 9.49. The number of methoxy groups -OCH3 is 1. The van der Waals surface area contributed by atoms with Crippen molar-refractivity contribution in [1.82, 2.24) is 10.2 Å². The number of rotatable bonds is 3. The van der Waals surface area contributed by atoms with E-state index in [0.717, 1.165) is 17.7 Å². The van der Waals surface area contributed by atoms with Crippen LogP contribution in [0.3, 0.4) is 0 Å². The van der Waals surface area contributed by atoms with E-state index in [9.17, 15) is 0 Å². The number of ether oxygens (including phenoxy) is 1. The van der Waals surface area contributed by atoms with E-state index in [4.69, 9.17) is 4.74 Å². The zero-order chi connectivity index (χ0) is 13.8. The number of hydrogen-bond acceptors (Lipinski definition) is 3. The van der Waals surface area contributed by atoms with Crippen molar-refractivity contribution in [2.45, 2.75) is 37.6 Å². The summed E-state index contributed by atoms with van der Waals surface area (Å²) in [5.41, 5.74) is 1.48. The highest BCUT2D eigenvalue weighted by Crippen LogP contribution is 2.30. The van der Waals surface area contributed by atoms with Crippen LogP contribution in [0.1, 0.15) is 37.2 Å². The fourth-order valence-corrected chi connectivity index (χ4v) is 3.65. The number of piperidine rings is 2. The van der Waals surface area contributed by atoms with E-state index >= 15 is 0 Å². The minimum Gasteiger partial charge on any atom is -0.497 e. The molecule has 0 bridgehead atoms. The van der Waals surface area contributed by atoms with E-state index < -0.39 is 0 Å². The van der Waals surface area contributed by atoms with Crippen molar-refractivity contribution in [3.05, 3.63) is 29.8 Å². The van der Waals surface area contributed by atoms with E-state index in [-0.39, 0.29) is 0 Å². The molecular formula is C17H26N2O. The summed E-state index contributed by atoms with van der Waals surface area (Å²) in [6.07, 6.45) is 5.26. The molecule has 3 heteroatoms. The summed E-state index contributed by atoms with van der Waals surface area (Å²) >= 11 is 0. The number of nitrogens with zero attached hydrogens (tertiary/aromatic N) is 1. The fraction of sp³-hybridized carbons (Fsp3) is 0.647. The summed E-state index contributed by atoms with van der Waals surface area (Å²) in [4.78, 5) is 2.72. The molecular weight excluding hydrogens is 248 g/mol. The molecule has 0 saturated carbocycles. The Morgan fingerprint density at radius 3 is 2.25 bits per heavy atom. The molecule has 0 atom stereocenters. The molecule has 1 aromatic rings. The van der Waals surface area contributed by atoms with Gasteiger partial charge in [-0.25, -0.2) is 0 Å². The summed E-state index contributed by atoms with van der Waals surface area (Å²) in [5.74, 6) is 1.69. The van der Waals surface area contributed by atoms with E-state index in [1.165, 1.54) is 57.4 Å². The van der Waals surface area contributed by atoms with Crippen LogP contribution in [0.4, 0.5) is 0 Å². The third-order valence-electron chi connectivity index (χ3n) is 4.94. The summed E-state index contributed by atoms with van der Waals surface area (Å²) in [5, 5.41) is 3.46. The van der Waals surface area contributed by atoms with Crippen molar-refractivity contribution in [3.8, 4) is 5.75 Å². The Bertz CT molecular complexity index is 404. The Labute approximate surface area is 122 Å². The van der Waals surface area contributed by atoms with Gasteiger partial charge in [0.2, 0.25) is 0 Å². The predicted octanol–water partition coefficient (Wildman–Crippen LogP) is 2.63. The quantitative estimate of drug-likeness (QED) is 0.917. The maximum Gasteiger partial charge on any atom is 0.118 e. The van der Waals surface area contributed by atoms with Gasteiger partial charge in [0.25, 0.3) is 0 Å². The zero-order valence-corrected chi connectivity index (χ0v) is 12.5. The van der Waals surface area contributed by atoms with E-state index in [0.29, 0.717) is 0 Å². The molecule has 2 heterocycles. The van der Waals surface area contributed by atoms with Crippen LogP contribution in [0.15, 0.2) is 24.3 Å². The number of hydrogen-bond donors (Lipinski definition) is 1. The predicted molar refractivity (Wildman–Crippen MR) is 82.4 cm³/mol. The van der Waals surface area contributed by atoms with Gasteiger partial charge in [-0.1, -0.05) is 12.1 Å². The highest BCUT2D eigenvalue weighted by atomic mass is 16.5. The van der Waals surface area contributed by atoms with Gasteiger partial charge >= 0.3 is 0 Å². The molecule has 2 aliphatic heterocycles. The van der Waals surface area contributed by atoms with Crippen molar-refractivity contribution >= 4 is 0 Å². The Balaban J connectivity index is 1.54. The molecule has 110 valence electrons. The van der Waals surface area contributed by atoms with Crippen molar-refractivity contribution < 1.29 is 4.74 Å². The van der Waals surface area contributed by atoms with Crippen molar-refractivity contribution in [1.29, 1.82) is 0 Å². The van der Waals surface area contributed by atoms with Gasteiger partial charge in [0, 0.05) is 6.04 Å². The number of likely N-dealkylation sites (tertiary alicyclic amines) is 1. The molecule has 1 aromatic carbocycles. The van der Waals surface area contributed by atoms with Crippen LogP contribution in [-0.4, -0.2) is 44.2 Å². The smallest absolute Gasteiger partial charge is 0.118 e. The molecule has 2 saturated heterocycles. The first kappa shape index (κ1) is 13.9. The van der Waals surface area contributed by atoms with Crippen LogP contribution >= 0.6 is 0 Å². The molecule has 0 spiro atoms. The lowest BCUT2D eigenvalue weighted by Crippen LogP contribution is -2.46. The molecule has 0 aromatic heterocycles. The standard InChI is InChI=1S/C17H26N2O/c1-20-17-4-2-14(3-5-17)15-8-12-19(13-9-15)16-6-10-18-11-7-16/h2-5,15-16,18H,6-13H2,1H3. The van der Waals surface area contributed by atoms with Crippen LogP contribution in [-0.2, 0) is 0 Å². The van der Waals surface area contributed by atoms with Gasteiger partial charge < -0.3 is 15.0 Å². The van der Waals surface area contributed by atoms with Crippen LogP contribution in [0.5, 0.6) is 5.75 Å². The maximum absolute atomic E-state index is 5.24. The molecule has 0 amide bonds. The largest absolute Gasteiger partial charge is 0.497 e. The summed E-state index contributed by atoms with van der Waals surface area (Å²) in [7, 11) is 1.73. The molecule has 3 rings (SSSR count). The first-order valence-corrected chi connectivity index (χ1v) is 7.95. The second-order valence-corrected chi connectivity index (χ2v) is 6.06. The van der Waals surface area contributed by atoms with Crippen molar-refractivity contribution in [3.63, 3.8) is 0 Å². The van der Waals surface area contributed by atoms with Crippen molar-refractivity contribution in [2.24, 2.45) is 0 Å². The van der Waals surface area contributed by atoms with Crippen LogP contribution in [0.25, 0.3) is 0 Å². The monoisotopic (exact) mass is 274 g/mol. The normalized spacial score (nSPS) is 22.9. The number of nitrogens with one attached hydrogen (secondary N) is 1. The lowest BCUT2D eigenvalue weighted by Gasteiger charge is -2.39. The van der Waals surface area contributed by atoms with E-state index in [1.807, 2.05) is 0 Å². The first-order chi connectivity index (χ1) is 9.86. The lowest BCUT2D eigenvalue weighted by molar-refractivity contribution is 0.127. The van der Waals surface area contributed by atoms with E-state index in [2.05, 4.69) is 34.5 Å². The zero-order valence-electron chi connectivity index (χ0n) is 12.5. The average molecular weight is 274 g/mol. The highest BCUT2D eigenvalue weighted by Gasteiger charge is 2.26. The Hall–Kier alpha value is -1.06. The molecule has 2 aliphatic rings. The van der Waals surface area contributed by atoms with Gasteiger partial charge in [-0.15, -0.1) is 0 Å². The molecule has 0 unspecified atom stereocenters. The van der Waals surface area contributed by atoms with Crippen molar-refractivity contribution in [2.75, 3.05) is 33.3 Å². The summed E-state index contributed by atoms with van der Waals surface area (Å²) in [6.45, 7) is 4.93. The first-order valence-electron chi connectivity index (χ1n) is 7.95.